The summed E-state index contributed by atoms with van der Waals surface area (Å²) in [6, 6.07) is 7.80. The molecular weight excluding hydrogens is 596 g/mol. The van der Waals surface area contributed by atoms with Crippen LogP contribution in [0.1, 0.15) is 6.42 Å². The molecule has 0 fully saturated rings. The number of rotatable bonds is 6. The molecule has 4 heterocycles. The standard InChI is InChI=1S/C14H13F3N4O2.C11H5ClF3N3O/c15-14(16,17)23-9-2-3-11-10(8-9)20-12(18-4-1-7-22)13-19-5-6-21(11)13;12-9-10-16-3-4-18(10)8-2-1-6(5-7(8)17-9)19-11(13,14)15/h2-3,5-6,8,22H,1,4,7H2,(H,18,20);1-5H. The Balaban J connectivity index is 0.000000171. The maximum Gasteiger partial charge on any atom is 0.573 e. The molecule has 6 rings (SSSR count). The van der Waals surface area contributed by atoms with Crippen LogP contribution in [0.25, 0.3) is 33.4 Å². The minimum absolute atomic E-state index is 0.0227. The van der Waals surface area contributed by atoms with Gasteiger partial charge in [-0.15, -0.1) is 26.3 Å². The molecule has 220 valence electrons. The molecule has 0 aliphatic heterocycles. The van der Waals surface area contributed by atoms with Crippen molar-refractivity contribution in [2.24, 2.45) is 0 Å². The highest BCUT2D eigenvalue weighted by atomic mass is 35.5. The van der Waals surface area contributed by atoms with Crippen LogP contribution in [-0.4, -0.2) is 59.7 Å². The van der Waals surface area contributed by atoms with E-state index in [2.05, 4.69) is 34.7 Å². The largest absolute Gasteiger partial charge is 0.573 e. The summed E-state index contributed by atoms with van der Waals surface area (Å²) in [5, 5.41) is 12.0. The lowest BCUT2D eigenvalue weighted by Crippen LogP contribution is -2.17. The van der Waals surface area contributed by atoms with Gasteiger partial charge in [-0.05, 0) is 30.7 Å². The lowest BCUT2D eigenvalue weighted by molar-refractivity contribution is -0.275. The van der Waals surface area contributed by atoms with Crippen LogP contribution in [-0.2, 0) is 0 Å². The summed E-state index contributed by atoms with van der Waals surface area (Å²) in [4.78, 5) is 16.5. The number of ether oxygens (including phenoxy) is 2. The van der Waals surface area contributed by atoms with Gasteiger partial charge in [-0.25, -0.2) is 19.9 Å². The van der Waals surface area contributed by atoms with Gasteiger partial charge >= 0.3 is 12.7 Å². The number of nitrogens with zero attached hydrogens (tertiary/aromatic N) is 6. The second-order valence-electron chi connectivity index (χ2n) is 8.51. The Morgan fingerprint density at radius 2 is 1.31 bits per heavy atom. The minimum atomic E-state index is -4.75. The highest BCUT2D eigenvalue weighted by molar-refractivity contribution is 6.32. The zero-order valence-electron chi connectivity index (χ0n) is 21.0. The zero-order chi connectivity index (χ0) is 30.1. The average molecular weight is 614 g/mol. The van der Waals surface area contributed by atoms with Crippen LogP contribution in [0.2, 0.25) is 5.15 Å². The van der Waals surface area contributed by atoms with Crippen LogP contribution in [0.5, 0.6) is 11.5 Å². The molecule has 0 atom stereocenters. The number of benzene rings is 2. The topological polar surface area (TPSA) is 111 Å². The Kier molecular flexibility index (Phi) is 7.83. The number of imidazole rings is 2. The smallest absolute Gasteiger partial charge is 0.406 e. The fourth-order valence-corrected chi connectivity index (χ4v) is 4.27. The maximum atomic E-state index is 12.3. The van der Waals surface area contributed by atoms with E-state index >= 15 is 0 Å². The predicted molar refractivity (Wildman–Crippen MR) is 140 cm³/mol. The molecule has 42 heavy (non-hydrogen) atoms. The molecule has 0 saturated heterocycles. The SMILES string of the molecule is FC(F)(F)Oc1ccc2c(c1)nc(Cl)c1nccn12.OCCCNc1nc2cc(OC(F)(F)F)ccc2n2ccnc12. The van der Waals surface area contributed by atoms with Gasteiger partial charge in [0.25, 0.3) is 0 Å². The molecular formula is C25H18ClF6N7O3. The lowest BCUT2D eigenvalue weighted by Gasteiger charge is -2.12. The van der Waals surface area contributed by atoms with Gasteiger partial charge in [0.2, 0.25) is 0 Å². The van der Waals surface area contributed by atoms with Crippen LogP contribution < -0.4 is 14.8 Å². The fourth-order valence-electron chi connectivity index (χ4n) is 4.04. The quantitative estimate of drug-likeness (QED) is 0.174. The average Bonchev–Trinajstić information content (AvgIpc) is 3.58. The molecule has 4 aromatic heterocycles. The van der Waals surface area contributed by atoms with E-state index in [0.29, 0.717) is 46.6 Å². The van der Waals surface area contributed by atoms with Crippen LogP contribution in [0.3, 0.4) is 0 Å². The number of aliphatic hydroxyl groups excluding tert-OH is 1. The summed E-state index contributed by atoms with van der Waals surface area (Å²) >= 11 is 5.91. The molecule has 2 N–H and O–H groups in total. The molecule has 0 amide bonds. The van der Waals surface area contributed by atoms with Crippen LogP contribution in [0.4, 0.5) is 32.2 Å². The molecule has 10 nitrogen and oxygen atoms in total. The van der Waals surface area contributed by atoms with E-state index in [0.717, 1.165) is 0 Å². The molecule has 0 saturated carbocycles. The van der Waals surface area contributed by atoms with Gasteiger partial charge in [-0.2, -0.15) is 0 Å². The monoisotopic (exact) mass is 613 g/mol. The number of fused-ring (bicyclic) bond motifs is 6. The molecule has 6 aromatic rings. The van der Waals surface area contributed by atoms with E-state index in [1.807, 2.05) is 0 Å². The van der Waals surface area contributed by atoms with Crippen molar-refractivity contribution in [3.8, 4) is 11.5 Å². The fraction of sp³-hybridized carbons (Fsp3) is 0.200. The maximum absolute atomic E-state index is 12.3. The molecule has 0 unspecified atom stereocenters. The molecule has 0 radical (unpaired) electrons. The normalized spacial score (nSPS) is 12.1. The summed E-state index contributed by atoms with van der Waals surface area (Å²) in [7, 11) is 0. The Labute approximate surface area is 236 Å². The second-order valence-corrected chi connectivity index (χ2v) is 8.86. The first kappa shape index (κ1) is 28.9. The van der Waals surface area contributed by atoms with E-state index in [-0.39, 0.29) is 28.8 Å². The van der Waals surface area contributed by atoms with Gasteiger partial charge in [-0.1, -0.05) is 11.6 Å². The number of hydrogen-bond acceptors (Lipinski definition) is 8. The summed E-state index contributed by atoms with van der Waals surface area (Å²) in [5.74, 6) is -0.249. The van der Waals surface area contributed by atoms with Crippen LogP contribution in [0.15, 0.2) is 61.2 Å². The highest BCUT2D eigenvalue weighted by Crippen LogP contribution is 2.29. The Hall–Kier alpha value is -4.57. The van der Waals surface area contributed by atoms with Crippen LogP contribution in [0, 0.1) is 0 Å². The van der Waals surface area contributed by atoms with E-state index in [1.165, 1.54) is 42.6 Å². The van der Waals surface area contributed by atoms with Crippen molar-refractivity contribution in [1.29, 1.82) is 0 Å². The highest BCUT2D eigenvalue weighted by Gasteiger charge is 2.32. The minimum Gasteiger partial charge on any atom is -0.406 e. The van der Waals surface area contributed by atoms with Crippen molar-refractivity contribution in [3.63, 3.8) is 0 Å². The van der Waals surface area contributed by atoms with E-state index in [4.69, 9.17) is 16.7 Å². The Morgan fingerprint density at radius 1 is 0.786 bits per heavy atom. The number of nitrogens with one attached hydrogen (secondary N) is 1. The van der Waals surface area contributed by atoms with Crippen molar-refractivity contribution in [2.75, 3.05) is 18.5 Å². The van der Waals surface area contributed by atoms with Gasteiger partial charge in [0.05, 0.1) is 22.1 Å². The van der Waals surface area contributed by atoms with E-state index < -0.39 is 12.7 Å². The Bertz CT molecular complexity index is 1870. The summed E-state index contributed by atoms with van der Waals surface area (Å²) in [5.41, 5.74) is 2.82. The molecule has 2 aromatic carbocycles. The first-order chi connectivity index (χ1) is 19.9. The van der Waals surface area contributed by atoms with Gasteiger partial charge < -0.3 is 19.9 Å². The van der Waals surface area contributed by atoms with Crippen molar-refractivity contribution in [3.05, 3.63) is 66.3 Å². The summed E-state index contributed by atoms with van der Waals surface area (Å²) < 4.78 is 84.6. The van der Waals surface area contributed by atoms with Crippen molar-refractivity contribution in [1.82, 2.24) is 28.7 Å². The Morgan fingerprint density at radius 3 is 1.86 bits per heavy atom. The lowest BCUT2D eigenvalue weighted by atomic mass is 10.2. The second kappa shape index (κ2) is 11.4. The van der Waals surface area contributed by atoms with Gasteiger partial charge in [0, 0.05) is 50.1 Å². The molecule has 0 aliphatic carbocycles. The van der Waals surface area contributed by atoms with Crippen molar-refractivity contribution < 1.29 is 40.9 Å². The van der Waals surface area contributed by atoms with Gasteiger partial charge in [0.1, 0.15) is 11.5 Å². The number of alkyl halides is 6. The molecule has 17 heteroatoms. The zero-order valence-corrected chi connectivity index (χ0v) is 21.7. The van der Waals surface area contributed by atoms with Crippen molar-refractivity contribution >= 4 is 50.8 Å². The number of halogens is 7. The molecule has 0 aliphatic rings. The molecule has 0 bridgehead atoms. The third-order valence-corrected chi connectivity index (χ3v) is 5.89. The van der Waals surface area contributed by atoms with Crippen molar-refractivity contribution in [2.45, 2.75) is 19.1 Å². The summed E-state index contributed by atoms with van der Waals surface area (Å²) in [6.45, 7) is 0.491. The van der Waals surface area contributed by atoms with Gasteiger partial charge in [0.15, 0.2) is 22.3 Å². The summed E-state index contributed by atoms with van der Waals surface area (Å²) in [6.07, 6.45) is -2.53. The van der Waals surface area contributed by atoms with E-state index in [1.54, 1.807) is 27.4 Å². The third-order valence-electron chi connectivity index (χ3n) is 5.64. The third kappa shape index (κ3) is 6.49. The molecule has 0 spiro atoms. The van der Waals surface area contributed by atoms with E-state index in [9.17, 15) is 26.3 Å². The van der Waals surface area contributed by atoms with Gasteiger partial charge in [-0.3, -0.25) is 8.80 Å². The first-order valence-electron chi connectivity index (χ1n) is 12.0. The number of aliphatic hydroxyl groups is 1. The van der Waals surface area contributed by atoms with Crippen LogP contribution >= 0.6 is 11.6 Å². The first-order valence-corrected chi connectivity index (χ1v) is 12.3. The number of hydrogen-bond donors (Lipinski definition) is 2. The predicted octanol–water partition coefficient (Wildman–Crippen LogP) is 6.01. The number of anilines is 1. The number of aromatic nitrogens is 6.